The molecular formula is C21H15BrF2N4OS. The molecule has 2 heterocycles. The minimum atomic E-state index is -0.541. The predicted molar refractivity (Wildman–Crippen MR) is 116 cm³/mol. The molecule has 0 saturated carbocycles. The van der Waals surface area contributed by atoms with Crippen molar-refractivity contribution >= 4 is 50.5 Å². The van der Waals surface area contributed by atoms with E-state index in [1.54, 1.807) is 47.2 Å². The number of carbonyl (C=O) groups excluding carboxylic acids is 1. The Balaban J connectivity index is 1.58. The smallest absolute Gasteiger partial charge is 0.244 e. The Morgan fingerprint density at radius 1 is 1.10 bits per heavy atom. The van der Waals surface area contributed by atoms with Crippen molar-refractivity contribution in [3.05, 3.63) is 82.5 Å². The highest BCUT2D eigenvalue weighted by molar-refractivity contribution is 9.10. The highest BCUT2D eigenvalue weighted by Crippen LogP contribution is 2.27. The van der Waals surface area contributed by atoms with E-state index < -0.39 is 11.7 Å². The monoisotopic (exact) mass is 488 g/mol. The molecule has 5 nitrogen and oxygen atoms in total. The summed E-state index contributed by atoms with van der Waals surface area (Å²) in [6, 6.07) is 14.5. The lowest BCUT2D eigenvalue weighted by Crippen LogP contribution is -2.20. The van der Waals surface area contributed by atoms with Crippen LogP contribution in [0.4, 0.5) is 14.5 Å². The van der Waals surface area contributed by atoms with Crippen molar-refractivity contribution in [2.75, 3.05) is 5.32 Å². The standard InChI is InChI=1S/C21H15BrF2N4OS/c22-14-7-8-17(16(24)10-14)26-19(29)11-28-20-18(6-3-9-25-20)27-21(28)30-12-13-4-1-2-5-15(13)23/h1-10H,11-12H2,(H,26,29). The summed E-state index contributed by atoms with van der Waals surface area (Å²) in [6.07, 6.45) is 1.61. The van der Waals surface area contributed by atoms with Gasteiger partial charge in [0.25, 0.3) is 0 Å². The molecule has 0 aliphatic carbocycles. The van der Waals surface area contributed by atoms with Gasteiger partial charge in [0, 0.05) is 16.4 Å². The highest BCUT2D eigenvalue weighted by Gasteiger charge is 2.17. The van der Waals surface area contributed by atoms with Crippen molar-refractivity contribution in [3.8, 4) is 0 Å². The fraction of sp³-hybridized carbons (Fsp3) is 0.0952. The van der Waals surface area contributed by atoms with Crippen LogP contribution in [0.15, 0.2) is 70.4 Å². The van der Waals surface area contributed by atoms with E-state index in [9.17, 15) is 13.6 Å². The minimum Gasteiger partial charge on any atom is -0.322 e. The van der Waals surface area contributed by atoms with Crippen LogP contribution >= 0.6 is 27.7 Å². The third-order valence-electron chi connectivity index (χ3n) is 4.29. The van der Waals surface area contributed by atoms with E-state index >= 15 is 0 Å². The minimum absolute atomic E-state index is 0.0844. The van der Waals surface area contributed by atoms with Gasteiger partial charge >= 0.3 is 0 Å². The number of rotatable bonds is 6. The number of fused-ring (bicyclic) bond motifs is 1. The number of thioether (sulfide) groups is 1. The van der Waals surface area contributed by atoms with Crippen LogP contribution in [0.5, 0.6) is 0 Å². The molecule has 30 heavy (non-hydrogen) atoms. The van der Waals surface area contributed by atoms with Gasteiger partial charge in [0.05, 0.1) is 5.69 Å². The van der Waals surface area contributed by atoms with Crippen molar-refractivity contribution < 1.29 is 13.6 Å². The van der Waals surface area contributed by atoms with Crippen LogP contribution in [0.3, 0.4) is 0 Å². The summed E-state index contributed by atoms with van der Waals surface area (Å²) < 4.78 is 30.2. The first-order valence-corrected chi connectivity index (χ1v) is 10.7. The van der Waals surface area contributed by atoms with E-state index in [4.69, 9.17) is 0 Å². The first-order chi connectivity index (χ1) is 14.5. The van der Waals surface area contributed by atoms with Crippen molar-refractivity contribution in [2.24, 2.45) is 0 Å². The zero-order valence-electron chi connectivity index (χ0n) is 15.5. The second-order valence-electron chi connectivity index (χ2n) is 6.38. The average molecular weight is 489 g/mol. The van der Waals surface area contributed by atoms with Gasteiger partial charge in [0.1, 0.15) is 23.7 Å². The second kappa shape index (κ2) is 8.93. The molecule has 0 atom stereocenters. The molecule has 4 aromatic rings. The number of carbonyl (C=O) groups is 1. The number of nitrogens with zero attached hydrogens (tertiary/aromatic N) is 3. The number of nitrogens with one attached hydrogen (secondary N) is 1. The maximum Gasteiger partial charge on any atom is 0.244 e. The number of hydrogen-bond donors (Lipinski definition) is 1. The van der Waals surface area contributed by atoms with Gasteiger partial charge in [-0.05, 0) is 42.0 Å². The van der Waals surface area contributed by atoms with Crippen molar-refractivity contribution in [3.63, 3.8) is 0 Å². The number of amides is 1. The van der Waals surface area contributed by atoms with Crippen LogP contribution in [-0.2, 0) is 17.1 Å². The Hall–Kier alpha value is -2.78. The third-order valence-corrected chi connectivity index (χ3v) is 5.81. The third kappa shape index (κ3) is 4.52. The molecule has 2 aromatic heterocycles. The molecule has 0 spiro atoms. The number of anilines is 1. The van der Waals surface area contributed by atoms with E-state index in [-0.39, 0.29) is 18.0 Å². The zero-order valence-corrected chi connectivity index (χ0v) is 17.9. The number of hydrogen-bond acceptors (Lipinski definition) is 4. The molecule has 0 fully saturated rings. The van der Waals surface area contributed by atoms with Gasteiger partial charge in [-0.3, -0.25) is 9.36 Å². The van der Waals surface area contributed by atoms with E-state index in [1.165, 1.54) is 30.0 Å². The van der Waals surface area contributed by atoms with Crippen molar-refractivity contribution in [2.45, 2.75) is 17.5 Å². The van der Waals surface area contributed by atoms with Gasteiger partial charge in [0.2, 0.25) is 5.91 Å². The first kappa shape index (κ1) is 20.5. The van der Waals surface area contributed by atoms with Gasteiger partial charge in [-0.1, -0.05) is 45.9 Å². The Morgan fingerprint density at radius 3 is 2.73 bits per heavy atom. The molecule has 0 bridgehead atoms. The van der Waals surface area contributed by atoms with Crippen molar-refractivity contribution in [1.29, 1.82) is 0 Å². The topological polar surface area (TPSA) is 59.8 Å². The molecular weight excluding hydrogens is 474 g/mol. The molecule has 1 N–H and O–H groups in total. The van der Waals surface area contributed by atoms with Crippen LogP contribution in [0.2, 0.25) is 0 Å². The fourth-order valence-corrected chi connectivity index (χ4v) is 4.19. The lowest BCUT2D eigenvalue weighted by Gasteiger charge is -2.10. The van der Waals surface area contributed by atoms with E-state index in [1.807, 2.05) is 0 Å². The Morgan fingerprint density at radius 2 is 1.93 bits per heavy atom. The summed E-state index contributed by atoms with van der Waals surface area (Å²) in [7, 11) is 0. The summed E-state index contributed by atoms with van der Waals surface area (Å²) in [6.45, 7) is -0.109. The summed E-state index contributed by atoms with van der Waals surface area (Å²) >= 11 is 4.49. The lowest BCUT2D eigenvalue weighted by molar-refractivity contribution is -0.116. The predicted octanol–water partition coefficient (Wildman–Crippen LogP) is 5.40. The Kier molecular flexibility index (Phi) is 6.10. The number of imidazole rings is 1. The van der Waals surface area contributed by atoms with Gasteiger partial charge in [-0.2, -0.15) is 0 Å². The summed E-state index contributed by atoms with van der Waals surface area (Å²) in [5, 5.41) is 3.10. The molecule has 0 unspecified atom stereocenters. The second-order valence-corrected chi connectivity index (χ2v) is 8.24. The van der Waals surface area contributed by atoms with Crippen LogP contribution in [0.1, 0.15) is 5.56 Å². The summed E-state index contributed by atoms with van der Waals surface area (Å²) in [4.78, 5) is 21.4. The maximum absolute atomic E-state index is 14.1. The Labute approximate surface area is 183 Å². The quantitative estimate of drug-likeness (QED) is 0.369. The summed E-state index contributed by atoms with van der Waals surface area (Å²) in [5.74, 6) is -0.914. The van der Waals surface area contributed by atoms with Gasteiger partial charge < -0.3 is 5.32 Å². The largest absolute Gasteiger partial charge is 0.322 e. The SMILES string of the molecule is O=C(Cn1c(SCc2ccccc2F)nc2cccnc21)Nc1ccc(Br)cc1F. The van der Waals surface area contributed by atoms with Crippen LogP contribution < -0.4 is 5.32 Å². The zero-order chi connectivity index (χ0) is 21.1. The van der Waals surface area contributed by atoms with Crippen LogP contribution in [0, 0.1) is 11.6 Å². The highest BCUT2D eigenvalue weighted by atomic mass is 79.9. The van der Waals surface area contributed by atoms with Crippen LogP contribution in [-0.4, -0.2) is 20.4 Å². The average Bonchev–Trinajstić information content (AvgIpc) is 3.07. The number of benzene rings is 2. The summed E-state index contributed by atoms with van der Waals surface area (Å²) in [5.41, 5.74) is 1.77. The van der Waals surface area contributed by atoms with E-state index in [0.717, 1.165) is 0 Å². The molecule has 0 aliphatic heterocycles. The van der Waals surface area contributed by atoms with Gasteiger partial charge in [-0.25, -0.2) is 18.7 Å². The number of aromatic nitrogens is 3. The van der Waals surface area contributed by atoms with Gasteiger partial charge in [0.15, 0.2) is 10.8 Å². The first-order valence-electron chi connectivity index (χ1n) is 8.93. The number of halogens is 3. The normalized spacial score (nSPS) is 11.0. The fourth-order valence-electron chi connectivity index (χ4n) is 2.87. The van der Waals surface area contributed by atoms with Crippen LogP contribution in [0.25, 0.3) is 11.2 Å². The number of pyridine rings is 1. The van der Waals surface area contributed by atoms with Gasteiger partial charge in [-0.15, -0.1) is 0 Å². The van der Waals surface area contributed by atoms with Crippen molar-refractivity contribution in [1.82, 2.24) is 14.5 Å². The molecule has 9 heteroatoms. The molecule has 0 aliphatic rings. The van der Waals surface area contributed by atoms with E-state index in [2.05, 4.69) is 31.2 Å². The molecule has 1 amide bonds. The Bertz CT molecular complexity index is 1230. The molecule has 0 saturated heterocycles. The maximum atomic E-state index is 14.1. The molecule has 152 valence electrons. The lowest BCUT2D eigenvalue weighted by atomic mass is 10.2. The molecule has 0 radical (unpaired) electrons. The van der Waals surface area contributed by atoms with E-state index in [0.29, 0.717) is 32.1 Å². The molecule has 2 aromatic carbocycles. The molecule has 4 rings (SSSR count).